The maximum atomic E-state index is 12.7. The molecule has 2 heterocycles. The molecular formula is C24H29F3N4OS. The van der Waals surface area contributed by atoms with Crippen LogP contribution >= 0.6 is 11.9 Å². The Kier molecular flexibility index (Phi) is 7.82. The largest absolute Gasteiger partial charge is 0.416 e. The lowest BCUT2D eigenvalue weighted by molar-refractivity contribution is -0.137. The second-order valence-electron chi connectivity index (χ2n) is 8.57. The van der Waals surface area contributed by atoms with Crippen molar-refractivity contribution in [3.63, 3.8) is 0 Å². The molecule has 0 radical (unpaired) electrons. The fourth-order valence-electron chi connectivity index (χ4n) is 4.32. The van der Waals surface area contributed by atoms with Crippen LogP contribution in [-0.2, 0) is 6.18 Å². The van der Waals surface area contributed by atoms with Gasteiger partial charge in [-0.25, -0.2) is 9.10 Å². The van der Waals surface area contributed by atoms with Crippen molar-refractivity contribution in [2.45, 2.75) is 49.2 Å². The number of alkyl halides is 3. The van der Waals surface area contributed by atoms with E-state index in [0.29, 0.717) is 17.4 Å². The van der Waals surface area contributed by atoms with Gasteiger partial charge in [-0.05, 0) is 99.3 Å². The predicted molar refractivity (Wildman–Crippen MR) is 126 cm³/mol. The minimum Gasteiger partial charge on any atom is -0.308 e. The SMILES string of the molecule is O=C(Nc1ccc(SN2CCCC2CN2CCCCC2)cc1)Nc1ccc(C(F)(F)F)cc1. The van der Waals surface area contributed by atoms with Crippen molar-refractivity contribution < 1.29 is 18.0 Å². The minimum absolute atomic E-state index is 0.293. The lowest BCUT2D eigenvalue weighted by Crippen LogP contribution is -2.40. The van der Waals surface area contributed by atoms with Crippen LogP contribution < -0.4 is 10.6 Å². The Morgan fingerprint density at radius 1 is 0.879 bits per heavy atom. The molecule has 33 heavy (non-hydrogen) atoms. The van der Waals surface area contributed by atoms with E-state index in [1.807, 2.05) is 24.3 Å². The minimum atomic E-state index is -4.40. The molecule has 0 bridgehead atoms. The highest BCUT2D eigenvalue weighted by atomic mass is 32.2. The number of likely N-dealkylation sites (tertiary alicyclic amines) is 1. The lowest BCUT2D eigenvalue weighted by atomic mass is 10.1. The topological polar surface area (TPSA) is 47.6 Å². The van der Waals surface area contributed by atoms with Crippen molar-refractivity contribution in [1.29, 1.82) is 0 Å². The van der Waals surface area contributed by atoms with Gasteiger partial charge in [0.05, 0.1) is 5.56 Å². The quantitative estimate of drug-likeness (QED) is 0.478. The zero-order chi connectivity index (χ0) is 23.3. The molecule has 2 fully saturated rings. The van der Waals surface area contributed by atoms with Gasteiger partial charge in [0, 0.05) is 35.4 Å². The first-order valence-corrected chi connectivity index (χ1v) is 12.2. The second-order valence-corrected chi connectivity index (χ2v) is 9.69. The third-order valence-electron chi connectivity index (χ3n) is 6.05. The molecule has 2 aromatic rings. The molecule has 0 aliphatic carbocycles. The van der Waals surface area contributed by atoms with E-state index in [1.165, 1.54) is 57.3 Å². The van der Waals surface area contributed by atoms with E-state index in [9.17, 15) is 18.0 Å². The molecule has 5 nitrogen and oxygen atoms in total. The van der Waals surface area contributed by atoms with Gasteiger partial charge in [0.1, 0.15) is 0 Å². The number of nitrogens with zero attached hydrogens (tertiary/aromatic N) is 2. The summed E-state index contributed by atoms with van der Waals surface area (Å²) in [6.07, 6.45) is 2.01. The summed E-state index contributed by atoms with van der Waals surface area (Å²) in [4.78, 5) is 15.9. The normalized spacial score (nSPS) is 20.0. The summed E-state index contributed by atoms with van der Waals surface area (Å²) in [5, 5.41) is 5.27. The molecule has 2 amide bonds. The van der Waals surface area contributed by atoms with Gasteiger partial charge in [0.25, 0.3) is 0 Å². The first kappa shape index (κ1) is 23.9. The Hall–Kier alpha value is -2.23. The zero-order valence-electron chi connectivity index (χ0n) is 18.4. The number of carbonyl (C=O) groups excluding carboxylic acids is 1. The smallest absolute Gasteiger partial charge is 0.308 e. The number of carbonyl (C=O) groups is 1. The van der Waals surface area contributed by atoms with E-state index in [0.717, 1.165) is 30.1 Å². The van der Waals surface area contributed by atoms with Crippen LogP contribution in [0, 0.1) is 0 Å². The summed E-state index contributed by atoms with van der Waals surface area (Å²) in [5.41, 5.74) is 0.161. The highest BCUT2D eigenvalue weighted by Crippen LogP contribution is 2.33. The number of hydrogen-bond donors (Lipinski definition) is 2. The number of nitrogens with one attached hydrogen (secondary N) is 2. The third-order valence-corrected chi connectivity index (χ3v) is 7.24. The number of piperidine rings is 1. The maximum Gasteiger partial charge on any atom is 0.416 e. The first-order chi connectivity index (χ1) is 15.9. The van der Waals surface area contributed by atoms with Gasteiger partial charge in [0.15, 0.2) is 0 Å². The molecule has 2 aromatic carbocycles. The van der Waals surface area contributed by atoms with Crippen LogP contribution in [0.3, 0.4) is 0 Å². The van der Waals surface area contributed by atoms with E-state index in [4.69, 9.17) is 0 Å². The summed E-state index contributed by atoms with van der Waals surface area (Å²) < 4.78 is 40.4. The Labute approximate surface area is 196 Å². The molecule has 0 saturated carbocycles. The number of amides is 2. The molecule has 1 unspecified atom stereocenters. The molecular weight excluding hydrogens is 449 g/mol. The van der Waals surface area contributed by atoms with Crippen molar-refractivity contribution in [1.82, 2.24) is 9.21 Å². The van der Waals surface area contributed by atoms with Crippen molar-refractivity contribution >= 4 is 29.4 Å². The number of rotatable bonds is 6. The maximum absolute atomic E-state index is 12.7. The summed E-state index contributed by atoms with van der Waals surface area (Å²) in [7, 11) is 0. The zero-order valence-corrected chi connectivity index (χ0v) is 19.2. The predicted octanol–water partition coefficient (Wildman–Crippen LogP) is 6.31. The number of benzene rings is 2. The molecule has 9 heteroatoms. The molecule has 2 N–H and O–H groups in total. The fourth-order valence-corrected chi connectivity index (χ4v) is 5.39. The fraction of sp³-hybridized carbons (Fsp3) is 0.458. The first-order valence-electron chi connectivity index (χ1n) is 11.4. The number of urea groups is 1. The summed E-state index contributed by atoms with van der Waals surface area (Å²) >= 11 is 1.77. The number of anilines is 2. The molecule has 4 rings (SSSR count). The van der Waals surface area contributed by atoms with Crippen molar-refractivity contribution in [2.75, 3.05) is 36.8 Å². The van der Waals surface area contributed by atoms with Gasteiger partial charge in [-0.1, -0.05) is 6.42 Å². The van der Waals surface area contributed by atoms with E-state index in [2.05, 4.69) is 19.8 Å². The highest BCUT2D eigenvalue weighted by molar-refractivity contribution is 7.97. The number of hydrogen-bond acceptors (Lipinski definition) is 4. The molecule has 1 atom stereocenters. The standard InChI is InChI=1S/C24H29F3N4OS/c25-24(26,27)18-6-8-19(9-7-18)28-23(32)29-20-10-12-22(13-11-20)33-31-16-4-5-21(31)17-30-14-2-1-3-15-30/h6-13,21H,1-5,14-17H2,(H2,28,29,32). The average molecular weight is 479 g/mol. The molecule has 178 valence electrons. The van der Waals surface area contributed by atoms with Crippen LogP contribution in [-0.4, -0.2) is 47.5 Å². The van der Waals surface area contributed by atoms with Crippen molar-refractivity contribution in [2.24, 2.45) is 0 Å². The van der Waals surface area contributed by atoms with Crippen LogP contribution in [0.15, 0.2) is 53.4 Å². The van der Waals surface area contributed by atoms with Crippen LogP contribution in [0.25, 0.3) is 0 Å². The monoisotopic (exact) mass is 478 g/mol. The third kappa shape index (κ3) is 6.88. The molecule has 2 saturated heterocycles. The Morgan fingerprint density at radius 2 is 1.48 bits per heavy atom. The van der Waals surface area contributed by atoms with Gasteiger partial charge < -0.3 is 15.5 Å². The molecule has 0 spiro atoms. The van der Waals surface area contributed by atoms with Crippen molar-refractivity contribution in [3.05, 3.63) is 54.1 Å². The van der Waals surface area contributed by atoms with Gasteiger partial charge in [0.2, 0.25) is 0 Å². The Bertz CT molecular complexity index is 915. The van der Waals surface area contributed by atoms with Gasteiger partial charge in [-0.3, -0.25) is 0 Å². The van der Waals surface area contributed by atoms with Crippen molar-refractivity contribution in [3.8, 4) is 0 Å². The van der Waals surface area contributed by atoms with E-state index < -0.39 is 17.8 Å². The van der Waals surface area contributed by atoms with Crippen LogP contribution in [0.5, 0.6) is 0 Å². The molecule has 2 aliphatic rings. The van der Waals surface area contributed by atoms with E-state index >= 15 is 0 Å². The highest BCUT2D eigenvalue weighted by Gasteiger charge is 2.30. The summed E-state index contributed by atoms with van der Waals surface area (Å²) in [6.45, 7) is 4.64. The molecule has 0 aromatic heterocycles. The second kappa shape index (κ2) is 10.8. The van der Waals surface area contributed by atoms with Crippen LogP contribution in [0.2, 0.25) is 0 Å². The van der Waals surface area contributed by atoms with Gasteiger partial charge in [-0.2, -0.15) is 13.2 Å². The van der Waals surface area contributed by atoms with Gasteiger partial charge in [-0.15, -0.1) is 0 Å². The summed E-state index contributed by atoms with van der Waals surface area (Å²) in [5.74, 6) is 0. The lowest BCUT2D eigenvalue weighted by Gasteiger charge is -2.32. The Morgan fingerprint density at radius 3 is 2.09 bits per heavy atom. The Balaban J connectivity index is 1.26. The van der Waals surface area contributed by atoms with Gasteiger partial charge >= 0.3 is 12.2 Å². The average Bonchev–Trinajstić information content (AvgIpc) is 3.22. The summed E-state index contributed by atoms with van der Waals surface area (Å²) in [6, 6.07) is 12.1. The van der Waals surface area contributed by atoms with E-state index in [1.54, 1.807) is 11.9 Å². The number of halogens is 3. The van der Waals surface area contributed by atoms with Crippen LogP contribution in [0.4, 0.5) is 29.3 Å². The van der Waals surface area contributed by atoms with E-state index in [-0.39, 0.29) is 0 Å². The molecule has 2 aliphatic heterocycles. The van der Waals surface area contributed by atoms with Crippen LogP contribution in [0.1, 0.15) is 37.7 Å².